The van der Waals surface area contributed by atoms with Crippen LogP contribution in [0, 0.1) is 6.92 Å². The van der Waals surface area contributed by atoms with E-state index in [1.54, 1.807) is 19.3 Å². The number of nitrogens with zero attached hydrogens (tertiary/aromatic N) is 2. The summed E-state index contributed by atoms with van der Waals surface area (Å²) in [5, 5.41) is 23.4. The van der Waals surface area contributed by atoms with E-state index in [-0.39, 0.29) is 0 Å². The zero-order chi connectivity index (χ0) is 27.0. The van der Waals surface area contributed by atoms with Gasteiger partial charge in [0.15, 0.2) is 0 Å². The second-order valence-electron chi connectivity index (χ2n) is 6.99. The number of carbonyl (C=O) groups is 3. The molecule has 3 heterocycles. The summed E-state index contributed by atoms with van der Waals surface area (Å²) in [6, 6.07) is 5.66. The first-order valence-electron chi connectivity index (χ1n) is 9.60. The maximum Gasteiger partial charge on any atom is 0.490 e. The molecule has 0 fully saturated rings. The summed E-state index contributed by atoms with van der Waals surface area (Å²) in [5.74, 6) is -5.46. The molecule has 0 unspecified atom stereocenters. The summed E-state index contributed by atoms with van der Waals surface area (Å²) in [5.41, 5.74) is 2.99. The third-order valence-electron chi connectivity index (χ3n) is 4.42. The van der Waals surface area contributed by atoms with Crippen LogP contribution in [0.5, 0.6) is 0 Å². The van der Waals surface area contributed by atoms with Crippen LogP contribution in [-0.4, -0.2) is 68.6 Å². The number of rotatable bonds is 3. The minimum Gasteiger partial charge on any atom is -0.478 e. The summed E-state index contributed by atoms with van der Waals surface area (Å²) in [4.78, 5) is 35.8. The minimum atomic E-state index is -5.08. The molecule has 1 aliphatic rings. The number of pyridine rings is 1. The Kier molecular flexibility index (Phi) is 10.2. The average molecular weight is 514 g/mol. The highest BCUT2D eigenvalue weighted by molar-refractivity contribution is 5.89. The molecule has 0 aliphatic carbocycles. The average Bonchev–Trinajstić information content (AvgIpc) is 3.15. The lowest BCUT2D eigenvalue weighted by Gasteiger charge is -2.17. The Balaban J connectivity index is 0.000000362. The first kappa shape index (κ1) is 29.4. The maximum atomic E-state index is 11.2. The van der Waals surface area contributed by atoms with E-state index in [1.807, 2.05) is 12.1 Å². The summed E-state index contributed by atoms with van der Waals surface area (Å²) >= 11 is 0. The van der Waals surface area contributed by atoms with Crippen LogP contribution in [0.25, 0.3) is 0 Å². The Morgan fingerprint density at radius 3 is 1.94 bits per heavy atom. The third-order valence-corrected chi connectivity index (χ3v) is 4.42. The van der Waals surface area contributed by atoms with Crippen LogP contribution in [-0.2, 0) is 29.0 Å². The highest BCUT2D eigenvalue weighted by atomic mass is 19.4. The Labute approximate surface area is 193 Å². The predicted molar refractivity (Wildman–Crippen MR) is 105 cm³/mol. The van der Waals surface area contributed by atoms with E-state index in [4.69, 9.17) is 24.2 Å². The number of aromatic nitrogens is 1. The van der Waals surface area contributed by atoms with Crippen LogP contribution in [0.15, 0.2) is 28.9 Å². The smallest absolute Gasteiger partial charge is 0.478 e. The number of fused-ring (bicyclic) bond motifs is 1. The van der Waals surface area contributed by atoms with Crippen molar-refractivity contribution in [3.63, 3.8) is 0 Å². The van der Waals surface area contributed by atoms with Crippen molar-refractivity contribution in [3.05, 3.63) is 52.7 Å². The lowest BCUT2D eigenvalue weighted by molar-refractivity contribution is -0.193. The van der Waals surface area contributed by atoms with E-state index in [9.17, 15) is 36.2 Å². The summed E-state index contributed by atoms with van der Waals surface area (Å²) in [7, 11) is 0. The zero-order valence-corrected chi connectivity index (χ0v) is 18.0. The topological polar surface area (TPSA) is 141 Å². The number of alkyl halides is 6. The number of carboxylic acid groups (broad SMARTS) is 3. The van der Waals surface area contributed by atoms with Gasteiger partial charge in [-0.3, -0.25) is 9.88 Å². The van der Waals surface area contributed by atoms with Crippen LogP contribution < -0.4 is 0 Å². The molecule has 0 saturated carbocycles. The maximum absolute atomic E-state index is 11.2. The molecule has 0 bridgehead atoms. The molecule has 15 heteroatoms. The quantitative estimate of drug-likeness (QED) is 0.525. The Hall–Kier alpha value is -3.62. The highest BCUT2D eigenvalue weighted by Gasteiger charge is 2.38. The second kappa shape index (κ2) is 12.2. The molecule has 3 N–H and O–H groups in total. The normalized spacial score (nSPS) is 13.8. The first-order chi connectivity index (χ1) is 16.0. The predicted octanol–water partition coefficient (Wildman–Crippen LogP) is 3.55. The fourth-order valence-corrected chi connectivity index (χ4v) is 2.78. The van der Waals surface area contributed by atoms with Crippen LogP contribution in [0.1, 0.15) is 33.1 Å². The number of aryl methyl sites for hydroxylation is 1. The van der Waals surface area contributed by atoms with E-state index >= 15 is 0 Å². The molecular formula is C20H20F6N2O7. The Morgan fingerprint density at radius 2 is 1.51 bits per heavy atom. The van der Waals surface area contributed by atoms with Gasteiger partial charge in [-0.15, -0.1) is 0 Å². The number of halogens is 6. The van der Waals surface area contributed by atoms with Crippen molar-refractivity contribution in [1.82, 2.24) is 9.88 Å². The molecule has 3 rings (SSSR count). The summed E-state index contributed by atoms with van der Waals surface area (Å²) in [6.45, 7) is 4.34. The van der Waals surface area contributed by atoms with Gasteiger partial charge >= 0.3 is 30.3 Å². The molecule has 1 aliphatic heterocycles. The number of aliphatic carboxylic acids is 2. The van der Waals surface area contributed by atoms with Gasteiger partial charge in [0, 0.05) is 25.2 Å². The van der Waals surface area contributed by atoms with Crippen molar-refractivity contribution in [3.8, 4) is 0 Å². The fraction of sp³-hybridized carbons (Fsp3) is 0.400. The molecule has 194 valence electrons. The minimum absolute atomic E-state index is 0.313. The van der Waals surface area contributed by atoms with Crippen molar-refractivity contribution in [2.45, 2.75) is 38.7 Å². The summed E-state index contributed by atoms with van der Waals surface area (Å²) in [6.07, 6.45) is -6.81. The number of aromatic carboxylic acids is 1. The molecule has 0 saturated heterocycles. The van der Waals surface area contributed by atoms with E-state index in [0.29, 0.717) is 11.3 Å². The van der Waals surface area contributed by atoms with Gasteiger partial charge in [-0.05, 0) is 37.1 Å². The Morgan fingerprint density at radius 1 is 1.00 bits per heavy atom. The van der Waals surface area contributed by atoms with Gasteiger partial charge in [-0.25, -0.2) is 14.4 Å². The number of hydrogen-bond donors (Lipinski definition) is 3. The van der Waals surface area contributed by atoms with Crippen LogP contribution >= 0.6 is 0 Å². The van der Waals surface area contributed by atoms with Gasteiger partial charge in [-0.1, -0.05) is 0 Å². The van der Waals surface area contributed by atoms with E-state index in [1.165, 1.54) is 0 Å². The molecule has 0 aromatic carbocycles. The van der Waals surface area contributed by atoms with Gasteiger partial charge in [0.25, 0.3) is 0 Å². The van der Waals surface area contributed by atoms with E-state index in [2.05, 4.69) is 9.88 Å². The van der Waals surface area contributed by atoms with Crippen molar-refractivity contribution in [2.75, 3.05) is 13.1 Å². The molecule has 2 aromatic rings. The van der Waals surface area contributed by atoms with Crippen molar-refractivity contribution >= 4 is 17.9 Å². The zero-order valence-electron chi connectivity index (χ0n) is 18.0. The van der Waals surface area contributed by atoms with Crippen LogP contribution in [0.3, 0.4) is 0 Å². The molecular weight excluding hydrogens is 494 g/mol. The van der Waals surface area contributed by atoms with E-state index in [0.717, 1.165) is 49.5 Å². The molecule has 0 radical (unpaired) electrons. The molecule has 0 spiro atoms. The fourth-order valence-electron chi connectivity index (χ4n) is 2.78. The van der Waals surface area contributed by atoms with Crippen molar-refractivity contribution < 1.29 is 60.5 Å². The first-order valence-corrected chi connectivity index (χ1v) is 9.60. The van der Waals surface area contributed by atoms with Gasteiger partial charge in [-0.2, -0.15) is 26.3 Å². The van der Waals surface area contributed by atoms with Crippen LogP contribution in [0.4, 0.5) is 26.3 Å². The SMILES string of the molecule is Cc1nc2c(cc1C(=O)O)CCN(Cc1ccco1)CC2.O=C(O)C(F)(F)F.O=C(O)C(F)(F)F. The molecule has 35 heavy (non-hydrogen) atoms. The van der Waals surface area contributed by atoms with Crippen molar-refractivity contribution in [1.29, 1.82) is 0 Å². The largest absolute Gasteiger partial charge is 0.490 e. The number of carboxylic acids is 3. The monoisotopic (exact) mass is 514 g/mol. The number of hydrogen-bond acceptors (Lipinski definition) is 6. The van der Waals surface area contributed by atoms with Crippen LogP contribution in [0.2, 0.25) is 0 Å². The van der Waals surface area contributed by atoms with Gasteiger partial charge in [0.05, 0.1) is 24.1 Å². The number of furan rings is 1. The standard InChI is InChI=1S/C16H18N2O3.2C2HF3O2/c1-11-14(16(19)20)9-12-4-6-18(7-5-15(12)17-11)10-13-3-2-8-21-13;2*3-2(4,5)1(6)7/h2-3,8-9H,4-7,10H2,1H3,(H,19,20);2*(H,6,7). The lowest BCUT2D eigenvalue weighted by atomic mass is 10.0. The molecule has 9 nitrogen and oxygen atoms in total. The molecule has 0 atom stereocenters. The third kappa shape index (κ3) is 10.0. The van der Waals surface area contributed by atoms with Crippen molar-refractivity contribution in [2.24, 2.45) is 0 Å². The molecule has 0 amide bonds. The molecule has 2 aromatic heterocycles. The summed E-state index contributed by atoms with van der Waals surface area (Å²) < 4.78 is 68.9. The lowest BCUT2D eigenvalue weighted by Crippen LogP contribution is -2.25. The van der Waals surface area contributed by atoms with Gasteiger partial charge < -0.3 is 19.7 Å². The Bertz CT molecular complexity index is 996. The van der Waals surface area contributed by atoms with Gasteiger partial charge in [0.1, 0.15) is 5.76 Å². The van der Waals surface area contributed by atoms with Gasteiger partial charge in [0.2, 0.25) is 0 Å². The highest BCUT2D eigenvalue weighted by Crippen LogP contribution is 2.19. The second-order valence-corrected chi connectivity index (χ2v) is 6.99. The van der Waals surface area contributed by atoms with E-state index < -0.39 is 30.3 Å².